The minimum absolute atomic E-state index is 0.124. The van der Waals surface area contributed by atoms with E-state index in [1.807, 2.05) is 37.3 Å². The summed E-state index contributed by atoms with van der Waals surface area (Å²) in [7, 11) is 0. The number of carbonyl (C=O) groups is 1. The van der Waals surface area contributed by atoms with Crippen molar-refractivity contribution >= 4 is 5.97 Å². The van der Waals surface area contributed by atoms with E-state index < -0.39 is 0 Å². The molecule has 3 heteroatoms. The summed E-state index contributed by atoms with van der Waals surface area (Å²) in [6.07, 6.45) is 1.37. The van der Waals surface area contributed by atoms with Crippen molar-refractivity contribution in [1.82, 2.24) is 0 Å². The number of aliphatic hydroxyl groups excluding tert-OH is 1. The summed E-state index contributed by atoms with van der Waals surface area (Å²) in [6.45, 7) is 2.19. The van der Waals surface area contributed by atoms with Crippen LogP contribution in [0, 0.1) is 11.8 Å². The van der Waals surface area contributed by atoms with Gasteiger partial charge in [-0.25, -0.2) is 0 Å². The molecule has 92 valence electrons. The normalized spacial score (nSPS) is 24.1. The number of aliphatic hydroxyl groups is 1. The van der Waals surface area contributed by atoms with Crippen LogP contribution < -0.4 is 0 Å². The molecule has 17 heavy (non-hydrogen) atoms. The highest BCUT2D eigenvalue weighted by molar-refractivity contribution is 5.72. The van der Waals surface area contributed by atoms with Crippen LogP contribution in [0.5, 0.6) is 0 Å². The van der Waals surface area contributed by atoms with E-state index in [9.17, 15) is 9.90 Å². The molecule has 0 aliphatic heterocycles. The van der Waals surface area contributed by atoms with Crippen LogP contribution in [0.4, 0.5) is 0 Å². The van der Waals surface area contributed by atoms with Crippen LogP contribution in [0.1, 0.15) is 25.3 Å². The second-order valence-corrected chi connectivity index (χ2v) is 4.79. The van der Waals surface area contributed by atoms with Gasteiger partial charge in [-0.3, -0.25) is 4.79 Å². The highest BCUT2D eigenvalue weighted by atomic mass is 16.5. The third-order valence-electron chi connectivity index (χ3n) is 3.17. The third-order valence-corrected chi connectivity index (χ3v) is 3.17. The van der Waals surface area contributed by atoms with Crippen LogP contribution in [-0.4, -0.2) is 17.2 Å². The lowest BCUT2D eigenvalue weighted by Gasteiger charge is -2.10. The maximum absolute atomic E-state index is 11.7. The molecule has 1 fully saturated rings. The van der Waals surface area contributed by atoms with Crippen molar-refractivity contribution < 1.29 is 14.6 Å². The molecule has 1 aromatic rings. The molecule has 0 saturated heterocycles. The molecule has 3 unspecified atom stereocenters. The molecule has 0 bridgehead atoms. The zero-order valence-corrected chi connectivity index (χ0v) is 10.0. The van der Waals surface area contributed by atoms with Gasteiger partial charge in [-0.1, -0.05) is 37.3 Å². The lowest BCUT2D eigenvalue weighted by molar-refractivity contribution is -0.149. The van der Waals surface area contributed by atoms with E-state index in [1.54, 1.807) is 0 Å². The van der Waals surface area contributed by atoms with Crippen LogP contribution in [0.2, 0.25) is 0 Å². The Labute approximate surface area is 101 Å². The predicted octanol–water partition coefficient (Wildman–Crippen LogP) is 2.14. The Morgan fingerprint density at radius 2 is 2.12 bits per heavy atom. The molecular weight excluding hydrogens is 216 g/mol. The standard InChI is InChI=1S/C14H18O3/c1-10(7-12-8-13(12)15)14(16)17-9-11-5-3-2-4-6-11/h2-6,10,12-13,15H,7-9H2,1H3. The van der Waals surface area contributed by atoms with Crippen molar-refractivity contribution in [2.24, 2.45) is 11.8 Å². The Balaban J connectivity index is 1.73. The number of benzene rings is 1. The molecule has 2 rings (SSSR count). The Kier molecular flexibility index (Phi) is 3.79. The van der Waals surface area contributed by atoms with Crippen LogP contribution >= 0.6 is 0 Å². The fourth-order valence-corrected chi connectivity index (χ4v) is 1.91. The number of hydrogen-bond donors (Lipinski definition) is 1. The lowest BCUT2D eigenvalue weighted by atomic mass is 10.1. The van der Waals surface area contributed by atoms with Crippen molar-refractivity contribution in [1.29, 1.82) is 0 Å². The molecule has 1 aromatic carbocycles. The summed E-state index contributed by atoms with van der Waals surface area (Å²) >= 11 is 0. The molecule has 0 amide bonds. The zero-order chi connectivity index (χ0) is 12.3. The smallest absolute Gasteiger partial charge is 0.308 e. The molecule has 1 aliphatic carbocycles. The van der Waals surface area contributed by atoms with Crippen molar-refractivity contribution in [2.75, 3.05) is 0 Å². The van der Waals surface area contributed by atoms with Crippen LogP contribution in [0.25, 0.3) is 0 Å². The Bertz CT molecular complexity index is 374. The topological polar surface area (TPSA) is 46.5 Å². The Morgan fingerprint density at radius 1 is 1.47 bits per heavy atom. The predicted molar refractivity (Wildman–Crippen MR) is 64.1 cm³/mol. The zero-order valence-electron chi connectivity index (χ0n) is 10.0. The summed E-state index contributed by atoms with van der Waals surface area (Å²) in [5.74, 6) is 0.00286. The van der Waals surface area contributed by atoms with E-state index in [2.05, 4.69) is 0 Å². The van der Waals surface area contributed by atoms with E-state index in [4.69, 9.17) is 4.74 Å². The first-order chi connectivity index (χ1) is 8.16. The summed E-state index contributed by atoms with van der Waals surface area (Å²) in [6, 6.07) is 9.65. The van der Waals surface area contributed by atoms with Gasteiger partial charge in [0.15, 0.2) is 0 Å². The average molecular weight is 234 g/mol. The van der Waals surface area contributed by atoms with Gasteiger partial charge in [0.1, 0.15) is 6.61 Å². The molecule has 1 N–H and O–H groups in total. The molecule has 0 heterocycles. The molecule has 0 radical (unpaired) electrons. The second kappa shape index (κ2) is 5.32. The van der Waals surface area contributed by atoms with Gasteiger partial charge in [0.25, 0.3) is 0 Å². The third kappa shape index (κ3) is 3.56. The van der Waals surface area contributed by atoms with Gasteiger partial charge in [-0.2, -0.15) is 0 Å². The minimum Gasteiger partial charge on any atom is -0.461 e. The van der Waals surface area contributed by atoms with Crippen LogP contribution in [-0.2, 0) is 16.1 Å². The van der Waals surface area contributed by atoms with E-state index in [1.165, 1.54) is 0 Å². The van der Waals surface area contributed by atoms with E-state index in [-0.39, 0.29) is 18.0 Å². The van der Waals surface area contributed by atoms with E-state index in [0.717, 1.165) is 18.4 Å². The maximum Gasteiger partial charge on any atom is 0.308 e. The van der Waals surface area contributed by atoms with Gasteiger partial charge in [0, 0.05) is 0 Å². The van der Waals surface area contributed by atoms with Crippen molar-refractivity contribution in [3.63, 3.8) is 0 Å². The Morgan fingerprint density at radius 3 is 2.71 bits per heavy atom. The first kappa shape index (κ1) is 12.1. The molecule has 1 aliphatic rings. The fourth-order valence-electron chi connectivity index (χ4n) is 1.91. The molecule has 3 atom stereocenters. The van der Waals surface area contributed by atoms with Crippen molar-refractivity contribution in [3.05, 3.63) is 35.9 Å². The molecular formula is C14H18O3. The summed E-state index contributed by atoms with van der Waals surface area (Å²) in [5.41, 5.74) is 1.000. The maximum atomic E-state index is 11.7. The molecule has 0 spiro atoms. The monoisotopic (exact) mass is 234 g/mol. The van der Waals surface area contributed by atoms with Gasteiger partial charge in [-0.15, -0.1) is 0 Å². The van der Waals surface area contributed by atoms with Gasteiger partial charge in [0.05, 0.1) is 12.0 Å². The van der Waals surface area contributed by atoms with Gasteiger partial charge in [-0.05, 0) is 24.3 Å². The molecule has 0 aromatic heterocycles. The first-order valence-electron chi connectivity index (χ1n) is 6.05. The largest absolute Gasteiger partial charge is 0.461 e. The van der Waals surface area contributed by atoms with E-state index in [0.29, 0.717) is 12.5 Å². The van der Waals surface area contributed by atoms with Crippen LogP contribution in [0.3, 0.4) is 0 Å². The highest BCUT2D eigenvalue weighted by Gasteiger charge is 2.37. The molecule has 1 saturated carbocycles. The number of esters is 1. The Hall–Kier alpha value is -1.35. The van der Waals surface area contributed by atoms with Crippen LogP contribution in [0.15, 0.2) is 30.3 Å². The highest BCUT2D eigenvalue weighted by Crippen LogP contribution is 2.36. The summed E-state index contributed by atoms with van der Waals surface area (Å²) in [4.78, 5) is 11.7. The fraction of sp³-hybridized carbons (Fsp3) is 0.500. The number of carbonyl (C=O) groups excluding carboxylic acids is 1. The second-order valence-electron chi connectivity index (χ2n) is 4.79. The van der Waals surface area contributed by atoms with Gasteiger partial charge < -0.3 is 9.84 Å². The quantitative estimate of drug-likeness (QED) is 0.794. The summed E-state index contributed by atoms with van der Waals surface area (Å²) in [5, 5.41) is 9.21. The van der Waals surface area contributed by atoms with Gasteiger partial charge >= 0.3 is 5.97 Å². The first-order valence-corrected chi connectivity index (χ1v) is 6.05. The minimum atomic E-state index is -0.195. The van der Waals surface area contributed by atoms with E-state index >= 15 is 0 Å². The number of hydrogen-bond acceptors (Lipinski definition) is 3. The SMILES string of the molecule is CC(CC1CC1O)C(=O)OCc1ccccc1. The number of rotatable bonds is 5. The number of ether oxygens (including phenoxy) is 1. The molecule has 3 nitrogen and oxygen atoms in total. The summed E-state index contributed by atoms with van der Waals surface area (Å²) < 4.78 is 5.23. The average Bonchev–Trinajstić information content (AvgIpc) is 3.03. The van der Waals surface area contributed by atoms with Crippen molar-refractivity contribution in [3.8, 4) is 0 Å². The lowest BCUT2D eigenvalue weighted by Crippen LogP contribution is -2.15. The van der Waals surface area contributed by atoms with Crippen molar-refractivity contribution in [2.45, 2.75) is 32.5 Å². The van der Waals surface area contributed by atoms with Gasteiger partial charge in [0.2, 0.25) is 0 Å².